The van der Waals surface area contributed by atoms with Crippen molar-refractivity contribution in [3.05, 3.63) is 63.8 Å². The van der Waals surface area contributed by atoms with Crippen LogP contribution in [-0.4, -0.2) is 57.4 Å². The number of pyridine rings is 1. The Kier molecular flexibility index (Phi) is 5.94. The molecule has 1 unspecified atom stereocenters. The van der Waals surface area contributed by atoms with Crippen LogP contribution in [0.15, 0.2) is 29.3 Å². The van der Waals surface area contributed by atoms with E-state index in [2.05, 4.69) is 20.8 Å². The van der Waals surface area contributed by atoms with Gasteiger partial charge in [-0.05, 0) is 36.6 Å². The molecule has 3 aromatic rings. The summed E-state index contributed by atoms with van der Waals surface area (Å²) < 4.78 is 59.9. The summed E-state index contributed by atoms with van der Waals surface area (Å²) in [5.74, 6) is -2.83. The largest absolute Gasteiger partial charge is 0.426 e. The van der Waals surface area contributed by atoms with Gasteiger partial charge >= 0.3 is 6.61 Å². The molecule has 2 spiro atoms. The maximum atomic E-state index is 14.5. The fourth-order valence-corrected chi connectivity index (χ4v) is 6.50. The van der Waals surface area contributed by atoms with E-state index in [0.29, 0.717) is 21.2 Å². The van der Waals surface area contributed by atoms with E-state index in [1.54, 1.807) is 6.20 Å². The van der Waals surface area contributed by atoms with E-state index >= 15 is 0 Å². The van der Waals surface area contributed by atoms with Gasteiger partial charge in [0.05, 0.1) is 22.9 Å². The van der Waals surface area contributed by atoms with Gasteiger partial charge in [0.25, 0.3) is 0 Å². The zero-order valence-corrected chi connectivity index (χ0v) is 21.1. The number of hydrogen-bond donors (Lipinski definition) is 2. The molecule has 1 saturated heterocycles. The summed E-state index contributed by atoms with van der Waals surface area (Å²) in [5.41, 5.74) is 3.29. The third kappa shape index (κ3) is 3.71. The second-order valence-corrected chi connectivity index (χ2v) is 10.6. The van der Waals surface area contributed by atoms with Gasteiger partial charge in [-0.15, -0.1) is 0 Å². The molecule has 0 radical (unpaired) electrons. The number of halogens is 5. The van der Waals surface area contributed by atoms with E-state index < -0.39 is 35.8 Å². The molecule has 4 heterocycles. The van der Waals surface area contributed by atoms with Crippen LogP contribution in [0.5, 0.6) is 5.75 Å². The van der Waals surface area contributed by atoms with E-state index in [9.17, 15) is 22.7 Å². The van der Waals surface area contributed by atoms with Gasteiger partial charge in [-0.2, -0.15) is 17.8 Å². The van der Waals surface area contributed by atoms with E-state index in [1.165, 1.54) is 6.20 Å². The van der Waals surface area contributed by atoms with Crippen molar-refractivity contribution in [3.8, 4) is 5.75 Å². The highest BCUT2D eigenvalue weighted by Crippen LogP contribution is 2.58. The number of alkyl halides is 3. The average Bonchev–Trinajstić information content (AvgIpc) is 3.13. The van der Waals surface area contributed by atoms with Crippen molar-refractivity contribution < 1.29 is 32.0 Å². The first-order chi connectivity index (χ1) is 18.2. The standard InChI is InChI=1S/C27H24ClF4N4O2/c1-14-19(12-35-36(14)13-27(36)6-4-16(37)5-7-27)15-8-17-20(11-34-25(17)33-10-15)18(9-29)23-22(38-26(31)32)3-2-21(30)24(23)28/h8,10-12,16,18,26,37H,4-7,9,13H2,1H3,(H,33,34)/q+1/t16?,18-,27?,36?/m1/s1. The molecule has 6 nitrogen and oxygen atoms in total. The van der Waals surface area contributed by atoms with E-state index in [-0.39, 0.29) is 17.2 Å². The van der Waals surface area contributed by atoms with Crippen LogP contribution in [0.2, 0.25) is 5.02 Å². The molecule has 11 heteroatoms. The fraction of sp³-hybridized carbons (Fsp3) is 0.407. The summed E-state index contributed by atoms with van der Waals surface area (Å²) in [6.45, 7) is -1.37. The first-order valence-corrected chi connectivity index (χ1v) is 12.7. The average molecular weight is 548 g/mol. The number of aliphatic hydroxyl groups is 1. The predicted octanol–water partition coefficient (Wildman–Crippen LogP) is 5.89. The van der Waals surface area contributed by atoms with Crippen LogP contribution in [0.1, 0.15) is 55.2 Å². The van der Waals surface area contributed by atoms with E-state index in [4.69, 9.17) is 16.7 Å². The van der Waals surface area contributed by atoms with Crippen LogP contribution in [-0.2, 0) is 0 Å². The number of rotatable bonds is 6. The van der Waals surface area contributed by atoms with Crippen LogP contribution in [0, 0.1) is 17.9 Å². The van der Waals surface area contributed by atoms with Gasteiger partial charge in [0.15, 0.2) is 23.7 Å². The molecule has 198 valence electrons. The Morgan fingerprint density at radius 2 is 2.08 bits per heavy atom. The van der Waals surface area contributed by atoms with Crippen LogP contribution in [0.4, 0.5) is 17.6 Å². The third-order valence-electron chi connectivity index (χ3n) is 8.34. The van der Waals surface area contributed by atoms with Gasteiger partial charge in [-0.1, -0.05) is 16.7 Å². The Balaban J connectivity index is 1.40. The first kappa shape index (κ1) is 25.2. The van der Waals surface area contributed by atoms with Gasteiger partial charge in [0.2, 0.25) is 0 Å². The number of aliphatic hydroxyl groups excluding tert-OH is 1. The highest BCUT2D eigenvalue weighted by atomic mass is 35.5. The van der Waals surface area contributed by atoms with Crippen molar-refractivity contribution in [1.29, 1.82) is 0 Å². The van der Waals surface area contributed by atoms with Crippen molar-refractivity contribution in [3.63, 3.8) is 0 Å². The van der Waals surface area contributed by atoms with Gasteiger partial charge in [-0.3, -0.25) is 4.39 Å². The Labute approximate surface area is 221 Å². The topological polar surface area (TPSA) is 70.5 Å². The van der Waals surface area contributed by atoms with Crippen molar-refractivity contribution in [2.45, 2.75) is 56.8 Å². The summed E-state index contributed by atoms with van der Waals surface area (Å²) in [6, 6.07) is 6.03. The SMILES string of the molecule is CC1=C(c2cnc3[nH]cc([C@@H](CF)c4c(OC(F)F)c#cc(F)c4Cl)c3c2)C=N[N+]12CC21CCC(O)CC1. The fourth-order valence-electron chi connectivity index (χ4n) is 6.24. The van der Waals surface area contributed by atoms with Crippen molar-refractivity contribution >= 4 is 34.4 Å². The lowest BCUT2D eigenvalue weighted by Gasteiger charge is -2.25. The number of hydrogen-bond acceptors (Lipinski definition) is 4. The highest BCUT2D eigenvalue weighted by Gasteiger charge is 2.74. The van der Waals surface area contributed by atoms with Gasteiger partial charge in [0.1, 0.15) is 18.0 Å². The monoisotopic (exact) mass is 547 g/mol. The molecule has 0 amide bonds. The van der Waals surface area contributed by atoms with Crippen LogP contribution in [0.3, 0.4) is 0 Å². The minimum absolute atomic E-state index is 0.0143. The van der Waals surface area contributed by atoms with Gasteiger partial charge in [-0.25, -0.2) is 4.98 Å². The summed E-state index contributed by atoms with van der Waals surface area (Å²) in [4.78, 5) is 7.47. The number of nitrogens with one attached hydrogen (secondary N) is 1. The van der Waals surface area contributed by atoms with Crippen molar-refractivity contribution in [1.82, 2.24) is 9.97 Å². The van der Waals surface area contributed by atoms with Crippen LogP contribution < -0.4 is 4.74 Å². The lowest BCUT2D eigenvalue weighted by atomic mass is 9.86. The Morgan fingerprint density at radius 3 is 2.79 bits per heavy atom. The van der Waals surface area contributed by atoms with Gasteiger partial charge in [0, 0.05) is 54.6 Å². The third-order valence-corrected chi connectivity index (χ3v) is 8.71. The number of H-pyrrole nitrogens is 1. The molecule has 1 aromatic carbocycles. The molecule has 2 aromatic heterocycles. The number of aromatic amines is 1. The van der Waals surface area contributed by atoms with E-state index in [1.807, 2.05) is 25.3 Å². The molecule has 1 aliphatic carbocycles. The lowest BCUT2D eigenvalue weighted by Crippen LogP contribution is -2.34. The second-order valence-electron chi connectivity index (χ2n) is 10.2. The maximum Gasteiger partial charge on any atom is 0.388 e. The number of ether oxygens (including phenoxy) is 1. The van der Waals surface area contributed by atoms with Gasteiger partial charge < -0.3 is 14.8 Å². The Hall–Kier alpha value is -3.13. The minimum atomic E-state index is -3.24. The zero-order chi connectivity index (χ0) is 26.8. The zero-order valence-electron chi connectivity index (χ0n) is 20.4. The number of allylic oxidation sites excluding steroid dienone is 2. The molecule has 6 rings (SSSR count). The normalized spacial score (nSPS) is 27.1. The quantitative estimate of drug-likeness (QED) is 0.230. The number of nitrogens with zero attached hydrogens (tertiary/aromatic N) is 3. The minimum Gasteiger partial charge on any atom is -0.426 e. The molecule has 1 saturated carbocycles. The molecule has 38 heavy (non-hydrogen) atoms. The Bertz CT molecular complexity index is 1480. The predicted molar refractivity (Wildman–Crippen MR) is 133 cm³/mol. The maximum absolute atomic E-state index is 14.5. The van der Waals surface area contributed by atoms with E-state index in [0.717, 1.165) is 49.1 Å². The molecular formula is C27H24ClF4N4O2+. The summed E-state index contributed by atoms with van der Waals surface area (Å²) in [7, 11) is 0. The highest BCUT2D eigenvalue weighted by molar-refractivity contribution is 6.31. The molecule has 3 aliphatic rings. The number of quaternary nitrogens is 1. The molecule has 2 aliphatic heterocycles. The number of fused-ring (bicyclic) bond motifs is 2. The molecule has 2 N–H and O–H groups in total. The summed E-state index contributed by atoms with van der Waals surface area (Å²) in [5, 5.41) is 14.8. The van der Waals surface area contributed by atoms with Crippen LogP contribution in [0.25, 0.3) is 16.6 Å². The lowest BCUT2D eigenvalue weighted by molar-refractivity contribution is -0.795. The first-order valence-electron chi connectivity index (χ1n) is 12.3. The molecule has 0 bridgehead atoms. The Morgan fingerprint density at radius 1 is 1.32 bits per heavy atom. The van der Waals surface area contributed by atoms with Crippen molar-refractivity contribution in [2.75, 3.05) is 13.2 Å². The molecule has 2 fully saturated rings. The number of aromatic nitrogens is 2. The molecular weight excluding hydrogens is 524 g/mol. The smallest absolute Gasteiger partial charge is 0.388 e. The van der Waals surface area contributed by atoms with Crippen molar-refractivity contribution in [2.24, 2.45) is 5.10 Å². The van der Waals surface area contributed by atoms with Crippen LogP contribution >= 0.6 is 11.6 Å². The molecule has 2 atom stereocenters. The summed E-state index contributed by atoms with van der Waals surface area (Å²) >= 11 is 6.11. The second kappa shape index (κ2) is 8.97. The summed E-state index contributed by atoms with van der Waals surface area (Å²) in [6.07, 6.45) is 8.11.